The molecule has 0 spiro atoms. The zero-order chi connectivity index (χ0) is 15.2. The summed E-state index contributed by atoms with van der Waals surface area (Å²) in [7, 11) is -1.54. The molecule has 6 nitrogen and oxygen atoms in total. The summed E-state index contributed by atoms with van der Waals surface area (Å²) in [6.45, 7) is 6.48. The fourth-order valence-electron chi connectivity index (χ4n) is 1.69. The first-order chi connectivity index (χ1) is 9.63. The largest absolute Gasteiger partial charge is 0.504 e. The Morgan fingerprint density at radius 2 is 1.50 bits per heavy atom. The number of rotatable bonds is 9. The summed E-state index contributed by atoms with van der Waals surface area (Å²) in [4.78, 5) is 22.6. The Labute approximate surface area is 122 Å². The van der Waals surface area contributed by atoms with E-state index in [1.807, 2.05) is 0 Å². The molecule has 0 radical (unpaired) electrons. The van der Waals surface area contributed by atoms with Gasteiger partial charge in [-0.1, -0.05) is 56.7 Å². The number of carbonyl (C=O) groups excluding carboxylic acids is 2. The van der Waals surface area contributed by atoms with Crippen molar-refractivity contribution >= 4 is 21.2 Å². The molecule has 116 valence electrons. The topological polar surface area (TPSA) is 77.3 Å². The van der Waals surface area contributed by atoms with Crippen molar-refractivity contribution < 1.29 is 18.8 Å². The third-order valence-electron chi connectivity index (χ3n) is 2.68. The van der Waals surface area contributed by atoms with E-state index in [9.17, 15) is 9.59 Å². The number of ether oxygens (including phenoxy) is 1. The second-order valence-electron chi connectivity index (χ2n) is 4.60. The van der Waals surface area contributed by atoms with Gasteiger partial charge < -0.3 is 9.16 Å². The first-order valence-corrected chi connectivity index (χ1v) is 9.53. The van der Waals surface area contributed by atoms with Gasteiger partial charge in [0.05, 0.1) is 6.61 Å². The Hall–Kier alpha value is -1.24. The lowest BCUT2D eigenvalue weighted by Crippen LogP contribution is -2.20. The van der Waals surface area contributed by atoms with E-state index in [0.29, 0.717) is 6.61 Å². The van der Waals surface area contributed by atoms with Crippen LogP contribution in [-0.4, -0.2) is 27.8 Å². The number of nitrogens with zero attached hydrogens (tertiary/aromatic N) is 2. The molecular weight excluding hydrogens is 276 g/mol. The van der Waals surface area contributed by atoms with E-state index < -0.39 is 21.2 Å². The zero-order valence-corrected chi connectivity index (χ0v) is 13.9. The lowest BCUT2D eigenvalue weighted by molar-refractivity contribution is 0.152. The molecular formula is C13H26N2O4Si. The van der Waals surface area contributed by atoms with Gasteiger partial charge >= 0.3 is 12.2 Å². The van der Waals surface area contributed by atoms with E-state index in [-0.39, 0.29) is 0 Å². The predicted molar refractivity (Wildman–Crippen MR) is 79.6 cm³/mol. The minimum absolute atomic E-state index is 0.309. The second kappa shape index (κ2) is 12.8. The number of hydrogen-bond donors (Lipinski definition) is 0. The van der Waals surface area contributed by atoms with Crippen molar-refractivity contribution in [1.82, 2.24) is 0 Å². The minimum Gasteiger partial charge on any atom is -0.504 e. The van der Waals surface area contributed by atoms with Crippen molar-refractivity contribution in [3.63, 3.8) is 0 Å². The molecule has 0 aliphatic carbocycles. The SMILES string of the molecule is CCCCCOC(=O)N=NC(=O)O[SiH](CCC)CCC. The number of azo groups is 1. The molecule has 20 heavy (non-hydrogen) atoms. The van der Waals surface area contributed by atoms with Gasteiger partial charge in [0, 0.05) is 0 Å². The van der Waals surface area contributed by atoms with Gasteiger partial charge in [0.2, 0.25) is 9.04 Å². The molecule has 0 bridgehead atoms. The summed E-state index contributed by atoms with van der Waals surface area (Å²) in [5.41, 5.74) is 0. The summed E-state index contributed by atoms with van der Waals surface area (Å²) < 4.78 is 10.1. The molecule has 0 aromatic rings. The molecule has 0 saturated heterocycles. The molecule has 0 aliphatic heterocycles. The minimum atomic E-state index is -1.54. The predicted octanol–water partition coefficient (Wildman–Crippen LogP) is 4.45. The molecule has 7 heteroatoms. The number of amides is 2. The molecule has 0 atom stereocenters. The fourth-order valence-corrected chi connectivity index (χ4v) is 3.84. The average Bonchev–Trinajstić information content (AvgIpc) is 2.42. The van der Waals surface area contributed by atoms with Crippen molar-refractivity contribution in [3.8, 4) is 0 Å². The van der Waals surface area contributed by atoms with Crippen LogP contribution in [0.1, 0.15) is 52.9 Å². The highest BCUT2D eigenvalue weighted by Crippen LogP contribution is 2.08. The van der Waals surface area contributed by atoms with Gasteiger partial charge in [-0.3, -0.25) is 0 Å². The van der Waals surface area contributed by atoms with E-state index in [4.69, 9.17) is 9.16 Å². The standard InChI is InChI=1S/C13H26N2O4Si/c1-4-7-8-9-18-12(16)14-15-13(17)19-20(10-5-2)11-6-3/h20H,4-11H2,1-3H3. The third kappa shape index (κ3) is 10.7. The quantitative estimate of drug-likeness (QED) is 0.358. The Morgan fingerprint density at radius 3 is 2.05 bits per heavy atom. The van der Waals surface area contributed by atoms with Crippen LogP contribution in [0.4, 0.5) is 9.59 Å². The monoisotopic (exact) mass is 302 g/mol. The van der Waals surface area contributed by atoms with Crippen LogP contribution in [0.25, 0.3) is 0 Å². The number of carbonyl (C=O) groups is 2. The smallest absolute Gasteiger partial charge is 0.452 e. The van der Waals surface area contributed by atoms with Crippen LogP contribution >= 0.6 is 0 Å². The van der Waals surface area contributed by atoms with Crippen molar-refractivity contribution in [3.05, 3.63) is 0 Å². The summed E-state index contributed by atoms with van der Waals surface area (Å²) >= 11 is 0. The van der Waals surface area contributed by atoms with E-state index in [0.717, 1.165) is 44.2 Å². The molecule has 0 rings (SSSR count). The molecule has 0 fully saturated rings. The van der Waals surface area contributed by atoms with Gasteiger partial charge in [0.15, 0.2) is 0 Å². The molecule has 0 aromatic carbocycles. The van der Waals surface area contributed by atoms with Gasteiger partial charge in [0.25, 0.3) is 0 Å². The molecule has 2 amide bonds. The molecule has 0 heterocycles. The third-order valence-corrected chi connectivity index (χ3v) is 5.65. The lowest BCUT2D eigenvalue weighted by atomic mass is 10.3. The zero-order valence-electron chi connectivity index (χ0n) is 12.8. The van der Waals surface area contributed by atoms with Crippen LogP contribution in [0.3, 0.4) is 0 Å². The summed E-state index contributed by atoms with van der Waals surface area (Å²) in [5.74, 6) is 0. The maximum Gasteiger partial charge on any atom is 0.452 e. The normalized spacial score (nSPS) is 11.0. The van der Waals surface area contributed by atoms with Gasteiger partial charge in [-0.2, -0.15) is 0 Å². The fraction of sp³-hybridized carbons (Fsp3) is 0.846. The van der Waals surface area contributed by atoms with Gasteiger partial charge in [0.1, 0.15) is 0 Å². The highest BCUT2D eigenvalue weighted by molar-refractivity contribution is 6.53. The number of hydrogen-bond acceptors (Lipinski definition) is 4. The summed E-state index contributed by atoms with van der Waals surface area (Å²) in [6, 6.07) is 1.85. The molecule has 0 N–H and O–H groups in total. The van der Waals surface area contributed by atoms with Crippen LogP contribution in [0.2, 0.25) is 12.1 Å². The second-order valence-corrected chi connectivity index (χ2v) is 7.24. The summed E-state index contributed by atoms with van der Waals surface area (Å²) in [6.07, 6.45) is 3.21. The van der Waals surface area contributed by atoms with E-state index in [1.54, 1.807) is 0 Å². The van der Waals surface area contributed by atoms with Crippen molar-refractivity contribution in [2.24, 2.45) is 10.2 Å². The maximum absolute atomic E-state index is 11.4. The Balaban J connectivity index is 3.97. The average molecular weight is 302 g/mol. The Bertz CT molecular complexity index is 305. The molecule has 0 aromatic heterocycles. The summed E-state index contributed by atoms with van der Waals surface area (Å²) in [5, 5.41) is 6.46. The van der Waals surface area contributed by atoms with Crippen LogP contribution < -0.4 is 0 Å². The van der Waals surface area contributed by atoms with Crippen molar-refractivity contribution in [2.75, 3.05) is 6.61 Å². The van der Waals surface area contributed by atoms with E-state index in [2.05, 4.69) is 31.0 Å². The van der Waals surface area contributed by atoms with E-state index >= 15 is 0 Å². The van der Waals surface area contributed by atoms with Crippen molar-refractivity contribution in [2.45, 2.75) is 65.0 Å². The van der Waals surface area contributed by atoms with Gasteiger partial charge in [-0.25, -0.2) is 9.59 Å². The molecule has 0 unspecified atom stereocenters. The van der Waals surface area contributed by atoms with Crippen LogP contribution in [-0.2, 0) is 9.16 Å². The lowest BCUT2D eigenvalue weighted by Gasteiger charge is -2.11. The van der Waals surface area contributed by atoms with Crippen molar-refractivity contribution in [1.29, 1.82) is 0 Å². The highest BCUT2D eigenvalue weighted by Gasteiger charge is 2.15. The highest BCUT2D eigenvalue weighted by atomic mass is 28.3. The first kappa shape index (κ1) is 18.8. The van der Waals surface area contributed by atoms with Crippen LogP contribution in [0.5, 0.6) is 0 Å². The van der Waals surface area contributed by atoms with E-state index in [1.165, 1.54) is 0 Å². The molecule has 0 aliphatic rings. The maximum atomic E-state index is 11.4. The van der Waals surface area contributed by atoms with Gasteiger partial charge in [-0.05, 0) is 18.5 Å². The first-order valence-electron chi connectivity index (χ1n) is 7.43. The van der Waals surface area contributed by atoms with Gasteiger partial charge in [-0.15, -0.1) is 0 Å². The molecule has 0 saturated carbocycles. The van der Waals surface area contributed by atoms with Crippen LogP contribution in [0.15, 0.2) is 10.2 Å². The Kier molecular flexibility index (Phi) is 12.0. The Morgan fingerprint density at radius 1 is 0.900 bits per heavy atom. The number of unbranched alkanes of at least 4 members (excludes halogenated alkanes) is 2. The van der Waals surface area contributed by atoms with Crippen LogP contribution in [0, 0.1) is 0 Å².